The highest BCUT2D eigenvalue weighted by Gasteiger charge is 2.23. The van der Waals surface area contributed by atoms with Crippen LogP contribution in [-0.4, -0.2) is 28.2 Å². The number of rotatable bonds is 5. The van der Waals surface area contributed by atoms with E-state index in [9.17, 15) is 8.42 Å². The van der Waals surface area contributed by atoms with Crippen LogP contribution in [0, 0.1) is 0 Å². The fourth-order valence-corrected chi connectivity index (χ4v) is 2.28. The van der Waals surface area contributed by atoms with Crippen molar-refractivity contribution in [3.8, 4) is 0 Å². The molecule has 16 heavy (non-hydrogen) atoms. The zero-order valence-corrected chi connectivity index (χ0v) is 10.7. The maximum Gasteiger partial charge on any atom is 0.221 e. The Hall–Kier alpha value is -0.990. The summed E-state index contributed by atoms with van der Waals surface area (Å²) in [5.74, 6) is 0.624. The highest BCUT2D eigenvalue weighted by molar-refractivity contribution is 7.93. The predicted octanol–water partition coefficient (Wildman–Crippen LogP) is -0.486. The molecule has 1 aromatic heterocycles. The van der Waals surface area contributed by atoms with Gasteiger partial charge in [0.15, 0.2) is 0 Å². The van der Waals surface area contributed by atoms with Crippen molar-refractivity contribution in [3.05, 3.63) is 18.2 Å². The zero-order valence-electron chi connectivity index (χ0n) is 9.04. The molecule has 0 spiro atoms. The molecule has 3 N–H and O–H groups in total. The summed E-state index contributed by atoms with van der Waals surface area (Å²) in [6.45, 7) is 1.57. The summed E-state index contributed by atoms with van der Waals surface area (Å²) in [5.41, 5.74) is 5.29. The molecule has 0 aliphatic rings. The Morgan fingerprint density at radius 2 is 2.38 bits per heavy atom. The molecule has 0 saturated carbocycles. The number of nitrogens with zero attached hydrogens (tertiary/aromatic N) is 2. The molecule has 0 aromatic carbocycles. The molecule has 0 radical (unpaired) electrons. The second kappa shape index (κ2) is 4.89. The van der Waals surface area contributed by atoms with Crippen LogP contribution in [0.3, 0.4) is 0 Å². The van der Waals surface area contributed by atoms with E-state index in [1.54, 1.807) is 24.0 Å². The molecule has 0 fully saturated rings. The lowest BCUT2D eigenvalue weighted by molar-refractivity contribution is 0.574. The van der Waals surface area contributed by atoms with Gasteiger partial charge >= 0.3 is 0 Å². The minimum Gasteiger partial charge on any atom is -0.392 e. The van der Waals surface area contributed by atoms with Gasteiger partial charge in [-0.15, -0.1) is 0 Å². The van der Waals surface area contributed by atoms with Gasteiger partial charge in [-0.05, 0) is 6.92 Å². The van der Waals surface area contributed by atoms with Crippen LogP contribution in [0.5, 0.6) is 0 Å². The van der Waals surface area contributed by atoms with Crippen molar-refractivity contribution in [3.63, 3.8) is 0 Å². The molecule has 0 aliphatic carbocycles. The lowest BCUT2D eigenvalue weighted by Crippen LogP contribution is -2.40. The molecule has 1 aromatic rings. The number of hydrogen-bond donors (Lipinski definition) is 2. The maximum absolute atomic E-state index is 11.7. The molecule has 1 rings (SSSR count). The minimum absolute atomic E-state index is 0.0488. The van der Waals surface area contributed by atoms with Crippen LogP contribution in [0.2, 0.25) is 0 Å². The van der Waals surface area contributed by atoms with Crippen molar-refractivity contribution in [1.82, 2.24) is 14.3 Å². The molecule has 0 amide bonds. The predicted molar refractivity (Wildman–Crippen MR) is 65.2 cm³/mol. The third kappa shape index (κ3) is 3.00. The number of thiocarbonyl (C=S) groups is 1. The minimum atomic E-state index is -3.52. The molecule has 0 aliphatic heterocycles. The van der Waals surface area contributed by atoms with Crippen LogP contribution in [0.4, 0.5) is 0 Å². The van der Waals surface area contributed by atoms with E-state index < -0.39 is 15.3 Å². The van der Waals surface area contributed by atoms with E-state index in [4.69, 9.17) is 5.73 Å². The second-order valence-electron chi connectivity index (χ2n) is 3.37. The fourth-order valence-electron chi connectivity index (χ4n) is 1.01. The van der Waals surface area contributed by atoms with Crippen molar-refractivity contribution in [2.45, 2.75) is 18.7 Å². The van der Waals surface area contributed by atoms with Crippen molar-refractivity contribution < 1.29 is 8.42 Å². The molecular formula is C8H14N4O2S2. The van der Waals surface area contributed by atoms with Crippen molar-refractivity contribution in [2.24, 2.45) is 12.8 Å². The number of nitrogens with one attached hydrogen (secondary N) is 1. The Bertz CT molecular complexity index is 480. The number of hydrogen-bond acceptors (Lipinski definition) is 4. The quantitative estimate of drug-likeness (QED) is 0.699. The van der Waals surface area contributed by atoms with Crippen LogP contribution in [0.1, 0.15) is 12.7 Å². The molecule has 1 atom stereocenters. The summed E-state index contributed by atoms with van der Waals surface area (Å²) >= 11 is 4.64. The maximum atomic E-state index is 11.7. The molecular weight excluding hydrogens is 248 g/mol. The molecule has 0 bridgehead atoms. The molecule has 8 heteroatoms. The summed E-state index contributed by atoms with van der Waals surface area (Å²) in [6.07, 6.45) is 3.33. The van der Waals surface area contributed by atoms with Gasteiger partial charge in [0, 0.05) is 19.4 Å². The molecule has 6 nitrogen and oxygen atoms in total. The highest BCUT2D eigenvalue weighted by atomic mass is 32.2. The lowest BCUT2D eigenvalue weighted by Gasteiger charge is -2.12. The Morgan fingerprint density at radius 1 is 1.75 bits per heavy atom. The van der Waals surface area contributed by atoms with E-state index in [1.807, 2.05) is 0 Å². The number of aromatic nitrogens is 2. The monoisotopic (exact) mass is 262 g/mol. The first-order valence-electron chi connectivity index (χ1n) is 4.58. The van der Waals surface area contributed by atoms with Gasteiger partial charge in [0.05, 0.1) is 11.5 Å². The molecule has 90 valence electrons. The normalized spacial score (nSPS) is 13.6. The van der Waals surface area contributed by atoms with Crippen LogP contribution < -0.4 is 10.5 Å². The Balaban J connectivity index is 2.69. The average molecular weight is 262 g/mol. The number of sulfonamides is 1. The van der Waals surface area contributed by atoms with Gasteiger partial charge < -0.3 is 10.3 Å². The highest BCUT2D eigenvalue weighted by Crippen LogP contribution is 2.01. The van der Waals surface area contributed by atoms with Gasteiger partial charge in [0.1, 0.15) is 11.1 Å². The van der Waals surface area contributed by atoms with Crippen molar-refractivity contribution in [2.75, 3.05) is 0 Å². The summed E-state index contributed by atoms with van der Waals surface area (Å²) in [6, 6.07) is 0. The van der Waals surface area contributed by atoms with Gasteiger partial charge in [-0.1, -0.05) is 12.2 Å². The molecule has 1 heterocycles. The lowest BCUT2D eigenvalue weighted by atomic mass is 10.5. The van der Waals surface area contributed by atoms with Crippen molar-refractivity contribution >= 4 is 27.2 Å². The Morgan fingerprint density at radius 3 is 2.81 bits per heavy atom. The first-order valence-corrected chi connectivity index (χ1v) is 6.54. The third-order valence-corrected chi connectivity index (χ3v) is 4.45. The molecule has 1 unspecified atom stereocenters. The van der Waals surface area contributed by atoms with Gasteiger partial charge in [0.25, 0.3) is 0 Å². The summed E-state index contributed by atoms with van der Waals surface area (Å²) in [5, 5.41) is -0.886. The summed E-state index contributed by atoms with van der Waals surface area (Å²) in [4.78, 5) is 3.95. The van der Waals surface area contributed by atoms with E-state index in [-0.39, 0.29) is 11.5 Å². The first kappa shape index (κ1) is 13.1. The topological polar surface area (TPSA) is 90.0 Å². The van der Waals surface area contributed by atoms with Crippen LogP contribution in [0.25, 0.3) is 0 Å². The Kier molecular flexibility index (Phi) is 4.00. The van der Waals surface area contributed by atoms with Gasteiger partial charge in [-0.25, -0.2) is 18.1 Å². The van der Waals surface area contributed by atoms with Gasteiger partial charge in [0.2, 0.25) is 10.0 Å². The molecule has 0 saturated heterocycles. The standard InChI is InChI=1S/C8H14N4O2S2/c1-6(8(9)15)16(13,14)11-5-7-10-3-4-12(7)2/h3-4,6,11H,5H2,1-2H3,(H2,9,15). The Labute approximate surface area is 99.9 Å². The smallest absolute Gasteiger partial charge is 0.221 e. The van der Waals surface area contributed by atoms with E-state index in [2.05, 4.69) is 21.9 Å². The first-order chi connectivity index (χ1) is 7.34. The van der Waals surface area contributed by atoms with Gasteiger partial charge in [-0.3, -0.25) is 0 Å². The third-order valence-electron chi connectivity index (χ3n) is 2.22. The van der Waals surface area contributed by atoms with Crippen LogP contribution in [-0.2, 0) is 23.6 Å². The second-order valence-corrected chi connectivity index (χ2v) is 5.92. The van der Waals surface area contributed by atoms with E-state index in [0.29, 0.717) is 5.82 Å². The van der Waals surface area contributed by atoms with E-state index >= 15 is 0 Å². The van der Waals surface area contributed by atoms with Gasteiger partial charge in [-0.2, -0.15) is 0 Å². The SMILES string of the molecule is CC(C(N)=S)S(=O)(=O)NCc1nccn1C. The fraction of sp³-hybridized carbons (Fsp3) is 0.500. The number of imidazole rings is 1. The zero-order chi connectivity index (χ0) is 12.3. The summed E-state index contributed by atoms with van der Waals surface area (Å²) < 4.78 is 27.5. The summed E-state index contributed by atoms with van der Waals surface area (Å²) in [7, 11) is -1.74. The average Bonchev–Trinajstić information content (AvgIpc) is 2.60. The number of nitrogens with two attached hydrogens (primary N) is 1. The number of aryl methyl sites for hydroxylation is 1. The van der Waals surface area contributed by atoms with Crippen molar-refractivity contribution in [1.29, 1.82) is 0 Å². The van der Waals surface area contributed by atoms with Crippen LogP contribution in [0.15, 0.2) is 12.4 Å². The van der Waals surface area contributed by atoms with Crippen LogP contribution >= 0.6 is 12.2 Å². The van der Waals surface area contributed by atoms with E-state index in [0.717, 1.165) is 0 Å². The van der Waals surface area contributed by atoms with E-state index in [1.165, 1.54) is 6.92 Å². The largest absolute Gasteiger partial charge is 0.392 e.